The van der Waals surface area contributed by atoms with Gasteiger partial charge in [-0.2, -0.15) is 0 Å². The van der Waals surface area contributed by atoms with E-state index in [0.717, 1.165) is 0 Å². The predicted octanol–water partition coefficient (Wildman–Crippen LogP) is 1.35. The fraction of sp³-hybridized carbons (Fsp3) is 0.500. The molecule has 2 rings (SSSR count). The van der Waals surface area contributed by atoms with Crippen molar-refractivity contribution in [3.8, 4) is 0 Å². The summed E-state index contributed by atoms with van der Waals surface area (Å²) in [7, 11) is -3.15. The summed E-state index contributed by atoms with van der Waals surface area (Å²) in [6.45, 7) is 1.64. The largest absolute Gasteiger partial charge is 0.388 e. The predicted molar refractivity (Wildman–Crippen MR) is 50.5 cm³/mol. The topological polar surface area (TPSA) is 54.4 Å². The summed E-state index contributed by atoms with van der Waals surface area (Å²) in [5.41, 5.74) is 0.572. The second kappa shape index (κ2) is 2.80. The summed E-state index contributed by atoms with van der Waals surface area (Å²) in [6, 6.07) is 1.69. The van der Waals surface area contributed by atoms with Crippen molar-refractivity contribution in [1.29, 1.82) is 0 Å². The van der Waals surface area contributed by atoms with Gasteiger partial charge in [0, 0.05) is 5.56 Å². The van der Waals surface area contributed by atoms with E-state index in [1.165, 1.54) is 11.3 Å². The highest BCUT2D eigenvalue weighted by Gasteiger charge is 2.36. The molecule has 0 saturated heterocycles. The molecule has 0 unspecified atom stereocenters. The Morgan fingerprint density at radius 3 is 3.00 bits per heavy atom. The molecule has 0 aromatic carbocycles. The van der Waals surface area contributed by atoms with E-state index in [1.54, 1.807) is 18.4 Å². The van der Waals surface area contributed by atoms with Crippen LogP contribution < -0.4 is 0 Å². The molecular weight excluding hydrogens is 208 g/mol. The quantitative estimate of drug-likeness (QED) is 0.715. The summed E-state index contributed by atoms with van der Waals surface area (Å²) in [5, 5.41) is 10.8. The van der Waals surface area contributed by atoms with Gasteiger partial charge in [0.15, 0.2) is 9.84 Å². The van der Waals surface area contributed by atoms with Crippen molar-refractivity contribution in [1.82, 2.24) is 0 Å². The lowest BCUT2D eigenvalue weighted by atomic mass is 10.1. The summed E-state index contributed by atoms with van der Waals surface area (Å²) < 4.78 is 23.8. The van der Waals surface area contributed by atoms with Crippen LogP contribution in [0.4, 0.5) is 0 Å². The van der Waals surface area contributed by atoms with Gasteiger partial charge < -0.3 is 5.11 Å². The molecule has 0 radical (unpaired) electrons. The lowest BCUT2D eigenvalue weighted by molar-refractivity contribution is 0.161. The van der Waals surface area contributed by atoms with Gasteiger partial charge in [0.25, 0.3) is 0 Å². The van der Waals surface area contributed by atoms with Crippen LogP contribution in [-0.2, 0) is 9.84 Å². The first-order valence-corrected chi connectivity index (χ1v) is 6.45. The van der Waals surface area contributed by atoms with E-state index in [2.05, 4.69) is 0 Å². The van der Waals surface area contributed by atoms with Crippen molar-refractivity contribution < 1.29 is 13.5 Å². The number of fused-ring (bicyclic) bond motifs is 1. The van der Waals surface area contributed by atoms with Gasteiger partial charge in [-0.15, -0.1) is 11.3 Å². The van der Waals surface area contributed by atoms with E-state index in [-0.39, 0.29) is 0 Å². The molecule has 0 fully saturated rings. The van der Waals surface area contributed by atoms with E-state index in [0.29, 0.717) is 16.2 Å². The average molecular weight is 218 g/mol. The van der Waals surface area contributed by atoms with Crippen molar-refractivity contribution in [3.05, 3.63) is 17.0 Å². The van der Waals surface area contributed by atoms with E-state index in [4.69, 9.17) is 0 Å². The number of hydrogen-bond donors (Lipinski definition) is 1. The molecule has 72 valence electrons. The molecular formula is C8H10O3S2. The van der Waals surface area contributed by atoms with Crippen LogP contribution in [0.25, 0.3) is 0 Å². The maximum absolute atomic E-state index is 11.7. The molecule has 0 spiro atoms. The molecule has 13 heavy (non-hydrogen) atoms. The monoisotopic (exact) mass is 218 g/mol. The van der Waals surface area contributed by atoms with E-state index in [1.807, 2.05) is 0 Å². The number of hydrogen-bond acceptors (Lipinski definition) is 4. The van der Waals surface area contributed by atoms with E-state index in [9.17, 15) is 13.5 Å². The second-order valence-electron chi connectivity index (χ2n) is 3.27. The standard InChI is InChI=1S/C8H10O3S2/c1-5-4-7(9)6-2-3-12-8(6)13(5,10)11/h2-3,5,7,9H,4H2,1H3/t5-,7+/m1/s1. The molecule has 0 bridgehead atoms. The minimum absolute atomic E-state index is 0.312. The van der Waals surface area contributed by atoms with Crippen LogP contribution in [0, 0.1) is 0 Å². The third-order valence-corrected chi connectivity index (χ3v) is 6.07. The van der Waals surface area contributed by atoms with Crippen molar-refractivity contribution in [2.75, 3.05) is 0 Å². The highest BCUT2D eigenvalue weighted by molar-refractivity contribution is 7.94. The van der Waals surface area contributed by atoms with Gasteiger partial charge in [-0.25, -0.2) is 8.42 Å². The minimum Gasteiger partial charge on any atom is -0.388 e. The van der Waals surface area contributed by atoms with Crippen LogP contribution in [0.3, 0.4) is 0 Å². The number of aliphatic hydroxyl groups is 1. The Morgan fingerprint density at radius 2 is 2.31 bits per heavy atom. The normalized spacial score (nSPS) is 31.2. The summed E-state index contributed by atoms with van der Waals surface area (Å²) >= 11 is 1.19. The number of rotatable bonds is 0. The maximum Gasteiger partial charge on any atom is 0.190 e. The van der Waals surface area contributed by atoms with Crippen LogP contribution in [-0.4, -0.2) is 18.8 Å². The highest BCUT2D eigenvalue weighted by Crippen LogP contribution is 2.39. The summed E-state index contributed by atoms with van der Waals surface area (Å²) in [5.74, 6) is 0. The van der Waals surface area contributed by atoms with Gasteiger partial charge in [0.2, 0.25) is 0 Å². The fourth-order valence-corrected chi connectivity index (χ4v) is 4.74. The van der Waals surface area contributed by atoms with Gasteiger partial charge >= 0.3 is 0 Å². The van der Waals surface area contributed by atoms with Crippen LogP contribution in [0.15, 0.2) is 15.7 Å². The number of sulfone groups is 1. The third-order valence-electron chi connectivity index (χ3n) is 2.36. The Labute approximate surface area is 80.9 Å². The second-order valence-corrected chi connectivity index (χ2v) is 6.75. The molecule has 0 amide bonds. The Hall–Kier alpha value is -0.390. The molecule has 5 heteroatoms. The van der Waals surface area contributed by atoms with E-state index < -0.39 is 21.2 Å². The smallest absolute Gasteiger partial charge is 0.190 e. The van der Waals surface area contributed by atoms with Crippen LogP contribution >= 0.6 is 11.3 Å². The molecule has 1 aliphatic rings. The van der Waals surface area contributed by atoms with Crippen LogP contribution in [0.2, 0.25) is 0 Å². The Kier molecular flexibility index (Phi) is 1.98. The van der Waals surface area contributed by atoms with Crippen molar-refractivity contribution in [2.45, 2.75) is 28.9 Å². The van der Waals surface area contributed by atoms with Crippen LogP contribution in [0.5, 0.6) is 0 Å². The van der Waals surface area contributed by atoms with Gasteiger partial charge in [-0.05, 0) is 24.8 Å². The van der Waals surface area contributed by atoms with Crippen molar-refractivity contribution >= 4 is 21.2 Å². The average Bonchev–Trinajstić information content (AvgIpc) is 2.49. The molecule has 1 aromatic rings. The zero-order chi connectivity index (χ0) is 9.64. The zero-order valence-corrected chi connectivity index (χ0v) is 8.73. The zero-order valence-electron chi connectivity index (χ0n) is 7.10. The molecule has 1 aromatic heterocycles. The first-order valence-electron chi connectivity index (χ1n) is 4.03. The first kappa shape index (κ1) is 9.18. The van der Waals surface area contributed by atoms with E-state index >= 15 is 0 Å². The molecule has 1 N–H and O–H groups in total. The van der Waals surface area contributed by atoms with Gasteiger partial charge in [0.05, 0.1) is 11.4 Å². The maximum atomic E-state index is 11.7. The SMILES string of the molecule is C[C@@H]1C[C@H](O)c2ccsc2S1(=O)=O. The summed E-state index contributed by atoms with van der Waals surface area (Å²) in [6.07, 6.45) is -0.300. The minimum atomic E-state index is -3.15. The Balaban J connectivity index is 2.66. The van der Waals surface area contributed by atoms with Gasteiger partial charge in [0.1, 0.15) is 4.21 Å². The molecule has 2 atom stereocenters. The summed E-state index contributed by atoms with van der Waals surface area (Å²) in [4.78, 5) is 0. The lowest BCUT2D eigenvalue weighted by Gasteiger charge is -2.23. The van der Waals surface area contributed by atoms with Gasteiger partial charge in [-0.1, -0.05) is 0 Å². The molecule has 1 aliphatic heterocycles. The van der Waals surface area contributed by atoms with Crippen LogP contribution in [0.1, 0.15) is 25.0 Å². The molecule has 2 heterocycles. The highest BCUT2D eigenvalue weighted by atomic mass is 32.2. The fourth-order valence-electron chi connectivity index (χ4n) is 1.53. The molecule has 0 saturated carbocycles. The van der Waals surface area contributed by atoms with Crippen molar-refractivity contribution in [3.63, 3.8) is 0 Å². The molecule has 3 nitrogen and oxygen atoms in total. The molecule has 0 aliphatic carbocycles. The van der Waals surface area contributed by atoms with Gasteiger partial charge in [-0.3, -0.25) is 0 Å². The number of thiophene rings is 1. The van der Waals surface area contributed by atoms with Crippen molar-refractivity contribution in [2.24, 2.45) is 0 Å². The first-order chi connectivity index (χ1) is 6.03. The Bertz CT molecular complexity index is 418. The number of aliphatic hydroxyl groups excluding tert-OH is 1. The lowest BCUT2D eigenvalue weighted by Crippen LogP contribution is -2.26. The third kappa shape index (κ3) is 1.22. The Morgan fingerprint density at radius 1 is 1.62 bits per heavy atom.